The van der Waals surface area contributed by atoms with E-state index in [4.69, 9.17) is 11.6 Å². The topological polar surface area (TPSA) is 23.6 Å². The van der Waals surface area contributed by atoms with Crippen LogP contribution in [0.15, 0.2) is 0 Å². The molecule has 5 heteroatoms. The molecule has 0 saturated carbocycles. The number of carbonyl (C=O) groups excluding carboxylic acids is 1. The molecule has 82 valence electrons. The minimum atomic E-state index is 0.267. The number of piperazine rings is 1. The second kappa shape index (κ2) is 6.53. The molecule has 1 amide bonds. The van der Waals surface area contributed by atoms with Crippen LogP contribution >= 0.6 is 23.4 Å². The van der Waals surface area contributed by atoms with Crippen molar-refractivity contribution in [3.8, 4) is 0 Å². The number of rotatable bonds is 4. The van der Waals surface area contributed by atoms with Gasteiger partial charge in [0.15, 0.2) is 0 Å². The molecule has 0 spiro atoms. The average molecular weight is 237 g/mol. The van der Waals surface area contributed by atoms with Crippen molar-refractivity contribution in [2.75, 3.05) is 50.6 Å². The summed E-state index contributed by atoms with van der Waals surface area (Å²) in [5, 5.41) is 0. The van der Waals surface area contributed by atoms with Crippen LogP contribution in [0.3, 0.4) is 0 Å². The van der Waals surface area contributed by atoms with Crippen LogP contribution in [-0.4, -0.2) is 66.3 Å². The molecule has 1 heterocycles. The number of hydrogen-bond acceptors (Lipinski definition) is 3. The Morgan fingerprint density at radius 2 is 2.00 bits per heavy atom. The molecule has 0 bridgehead atoms. The van der Waals surface area contributed by atoms with Gasteiger partial charge in [0.05, 0.1) is 5.75 Å². The summed E-state index contributed by atoms with van der Waals surface area (Å²) in [5.41, 5.74) is 0. The third kappa shape index (κ3) is 3.67. The van der Waals surface area contributed by atoms with Crippen molar-refractivity contribution >= 4 is 29.3 Å². The van der Waals surface area contributed by atoms with E-state index in [9.17, 15) is 4.79 Å². The smallest absolute Gasteiger partial charge is 0.232 e. The molecule has 0 aromatic carbocycles. The van der Waals surface area contributed by atoms with Gasteiger partial charge in [0, 0.05) is 38.6 Å². The number of amides is 1. The molecule has 14 heavy (non-hydrogen) atoms. The number of nitrogens with zero attached hydrogens (tertiary/aromatic N) is 2. The van der Waals surface area contributed by atoms with Crippen molar-refractivity contribution in [1.29, 1.82) is 0 Å². The summed E-state index contributed by atoms with van der Waals surface area (Å²) in [6, 6.07) is 0. The van der Waals surface area contributed by atoms with Gasteiger partial charge in [-0.3, -0.25) is 9.69 Å². The third-order valence-electron chi connectivity index (χ3n) is 2.39. The summed E-state index contributed by atoms with van der Waals surface area (Å²) in [6.45, 7) is 4.58. The van der Waals surface area contributed by atoms with E-state index in [0.29, 0.717) is 11.6 Å². The van der Waals surface area contributed by atoms with Crippen molar-refractivity contribution in [1.82, 2.24) is 9.80 Å². The lowest BCUT2D eigenvalue weighted by Gasteiger charge is -2.34. The van der Waals surface area contributed by atoms with Crippen LogP contribution in [0.5, 0.6) is 0 Å². The lowest BCUT2D eigenvalue weighted by atomic mass is 10.3. The highest BCUT2D eigenvalue weighted by atomic mass is 35.5. The molecule has 0 aliphatic carbocycles. The van der Waals surface area contributed by atoms with E-state index in [1.807, 2.05) is 11.2 Å². The van der Waals surface area contributed by atoms with Gasteiger partial charge in [-0.05, 0) is 6.26 Å². The summed E-state index contributed by atoms with van der Waals surface area (Å²) in [7, 11) is 0. The Bertz CT molecular complexity index is 184. The lowest BCUT2D eigenvalue weighted by molar-refractivity contribution is -0.130. The zero-order chi connectivity index (χ0) is 10.4. The zero-order valence-electron chi connectivity index (χ0n) is 8.54. The second-order valence-corrected chi connectivity index (χ2v) is 4.59. The van der Waals surface area contributed by atoms with Crippen LogP contribution in [-0.2, 0) is 4.79 Å². The van der Waals surface area contributed by atoms with Gasteiger partial charge in [-0.2, -0.15) is 11.8 Å². The minimum absolute atomic E-state index is 0.267. The molecule has 1 aliphatic heterocycles. The molecule has 0 unspecified atom stereocenters. The monoisotopic (exact) mass is 236 g/mol. The number of halogens is 1. The fourth-order valence-electron chi connectivity index (χ4n) is 1.56. The van der Waals surface area contributed by atoms with Crippen LogP contribution in [0.2, 0.25) is 0 Å². The van der Waals surface area contributed by atoms with E-state index in [-0.39, 0.29) is 5.91 Å². The van der Waals surface area contributed by atoms with E-state index in [0.717, 1.165) is 32.7 Å². The first kappa shape index (κ1) is 12.1. The quantitative estimate of drug-likeness (QED) is 0.673. The summed E-state index contributed by atoms with van der Waals surface area (Å²) >= 11 is 7.25. The van der Waals surface area contributed by atoms with E-state index in [1.54, 1.807) is 11.8 Å². The Morgan fingerprint density at radius 3 is 2.50 bits per heavy atom. The molecule has 0 atom stereocenters. The molecule has 0 radical (unpaired) electrons. The third-order valence-corrected chi connectivity index (χ3v) is 3.10. The Morgan fingerprint density at radius 1 is 1.36 bits per heavy atom. The van der Waals surface area contributed by atoms with Crippen LogP contribution in [0.1, 0.15) is 0 Å². The van der Waals surface area contributed by atoms with Gasteiger partial charge < -0.3 is 4.90 Å². The normalized spacial score (nSPS) is 18.6. The molecule has 0 aromatic rings. The molecule has 3 nitrogen and oxygen atoms in total. The van der Waals surface area contributed by atoms with E-state index < -0.39 is 0 Å². The zero-order valence-corrected chi connectivity index (χ0v) is 10.1. The molecule has 1 rings (SSSR count). The largest absolute Gasteiger partial charge is 0.339 e. The molecule has 1 fully saturated rings. The fourth-order valence-corrected chi connectivity index (χ4v) is 2.22. The van der Waals surface area contributed by atoms with Crippen LogP contribution < -0.4 is 0 Å². The van der Waals surface area contributed by atoms with E-state index >= 15 is 0 Å². The van der Waals surface area contributed by atoms with Crippen molar-refractivity contribution in [3.63, 3.8) is 0 Å². The summed E-state index contributed by atoms with van der Waals surface area (Å²) < 4.78 is 0. The maximum atomic E-state index is 11.5. The highest BCUT2D eigenvalue weighted by molar-refractivity contribution is 7.99. The van der Waals surface area contributed by atoms with Gasteiger partial charge in [0.2, 0.25) is 5.91 Å². The fraction of sp³-hybridized carbons (Fsp3) is 0.889. The van der Waals surface area contributed by atoms with Crippen molar-refractivity contribution in [2.24, 2.45) is 0 Å². The maximum absolute atomic E-state index is 11.5. The first-order valence-electron chi connectivity index (χ1n) is 4.83. The molecule has 1 aliphatic rings. The van der Waals surface area contributed by atoms with Gasteiger partial charge in [-0.1, -0.05) is 0 Å². The highest BCUT2D eigenvalue weighted by Crippen LogP contribution is 2.04. The first-order valence-corrected chi connectivity index (χ1v) is 6.75. The van der Waals surface area contributed by atoms with Gasteiger partial charge >= 0.3 is 0 Å². The first-order chi connectivity index (χ1) is 6.77. The maximum Gasteiger partial charge on any atom is 0.232 e. The van der Waals surface area contributed by atoms with E-state index in [1.165, 1.54) is 0 Å². The van der Waals surface area contributed by atoms with Crippen molar-refractivity contribution in [2.45, 2.75) is 0 Å². The van der Waals surface area contributed by atoms with Gasteiger partial charge in [-0.25, -0.2) is 0 Å². The van der Waals surface area contributed by atoms with Gasteiger partial charge in [0.1, 0.15) is 0 Å². The molecular weight excluding hydrogens is 220 g/mol. The Kier molecular flexibility index (Phi) is 5.67. The highest BCUT2D eigenvalue weighted by Gasteiger charge is 2.19. The Labute approximate surface area is 94.8 Å². The van der Waals surface area contributed by atoms with Gasteiger partial charge in [0.25, 0.3) is 0 Å². The molecule has 0 aromatic heterocycles. The SMILES string of the molecule is CSCC(=O)N1CCN(CCCl)CC1. The number of thioether (sulfide) groups is 1. The predicted molar refractivity (Wildman–Crippen MR) is 62.1 cm³/mol. The second-order valence-electron chi connectivity index (χ2n) is 3.34. The Hall–Kier alpha value is 0.0700. The summed E-state index contributed by atoms with van der Waals surface area (Å²) in [6.07, 6.45) is 1.96. The van der Waals surface area contributed by atoms with E-state index in [2.05, 4.69) is 4.90 Å². The molecular formula is C9H17ClN2OS. The van der Waals surface area contributed by atoms with Crippen molar-refractivity contribution < 1.29 is 4.79 Å². The van der Waals surface area contributed by atoms with Crippen LogP contribution in [0.25, 0.3) is 0 Å². The number of hydrogen-bond donors (Lipinski definition) is 0. The van der Waals surface area contributed by atoms with Crippen LogP contribution in [0.4, 0.5) is 0 Å². The minimum Gasteiger partial charge on any atom is -0.339 e. The predicted octanol–water partition coefficient (Wildman–Crippen LogP) is 0.732. The lowest BCUT2D eigenvalue weighted by Crippen LogP contribution is -2.49. The van der Waals surface area contributed by atoms with Crippen LogP contribution in [0, 0.1) is 0 Å². The number of alkyl halides is 1. The average Bonchev–Trinajstić information content (AvgIpc) is 2.20. The van der Waals surface area contributed by atoms with Crippen molar-refractivity contribution in [3.05, 3.63) is 0 Å². The molecule has 0 N–H and O–H groups in total. The Balaban J connectivity index is 2.24. The number of carbonyl (C=O) groups is 1. The summed E-state index contributed by atoms with van der Waals surface area (Å²) in [4.78, 5) is 15.8. The summed E-state index contributed by atoms with van der Waals surface area (Å²) in [5.74, 6) is 1.55. The standard InChI is InChI=1S/C9H17ClN2OS/c1-14-8-9(13)12-6-4-11(3-2-10)5-7-12/h2-8H2,1H3. The van der Waals surface area contributed by atoms with Gasteiger partial charge in [-0.15, -0.1) is 11.6 Å². The molecule has 1 saturated heterocycles.